The Kier molecular flexibility index (Phi) is 6.05. The lowest BCUT2D eigenvalue weighted by atomic mass is 9.85. The van der Waals surface area contributed by atoms with Crippen molar-refractivity contribution < 1.29 is 14.8 Å². The Labute approximate surface area is 163 Å². The molecule has 9 nitrogen and oxygen atoms in total. The van der Waals surface area contributed by atoms with Crippen LogP contribution in [-0.4, -0.2) is 55.9 Å². The number of hydrogen-bond acceptors (Lipinski definition) is 6. The van der Waals surface area contributed by atoms with Crippen molar-refractivity contribution in [1.29, 1.82) is 0 Å². The number of likely N-dealkylation sites (N-methyl/N-ethyl adjacent to an activating group) is 1. The third kappa shape index (κ3) is 4.55. The molecule has 1 heterocycles. The minimum Gasteiger partial charge on any atom is -0.480 e. The Morgan fingerprint density at radius 3 is 2.64 bits per heavy atom. The number of non-ortho nitro benzene ring substituents is 1. The highest BCUT2D eigenvalue weighted by Crippen LogP contribution is 2.28. The summed E-state index contributed by atoms with van der Waals surface area (Å²) >= 11 is 0. The van der Waals surface area contributed by atoms with E-state index in [1.165, 1.54) is 12.1 Å². The molecule has 2 aromatic rings. The number of nitrogens with zero attached hydrogens (tertiary/aromatic N) is 4. The van der Waals surface area contributed by atoms with Crippen molar-refractivity contribution in [3.63, 3.8) is 0 Å². The van der Waals surface area contributed by atoms with Crippen molar-refractivity contribution in [3.8, 4) is 11.3 Å². The lowest BCUT2D eigenvalue weighted by Gasteiger charge is -2.42. The van der Waals surface area contributed by atoms with Crippen molar-refractivity contribution in [3.05, 3.63) is 46.1 Å². The maximum Gasteiger partial charge on any atom is 0.317 e. The van der Waals surface area contributed by atoms with E-state index in [1.807, 2.05) is 25.1 Å². The van der Waals surface area contributed by atoms with Crippen LogP contribution in [0.25, 0.3) is 11.3 Å². The first kappa shape index (κ1) is 20.0. The zero-order valence-electron chi connectivity index (χ0n) is 16.0. The summed E-state index contributed by atoms with van der Waals surface area (Å²) in [6.07, 6.45) is 3.80. The molecule has 0 unspecified atom stereocenters. The second-order valence-corrected chi connectivity index (χ2v) is 7.14. The molecule has 150 valence electrons. The van der Waals surface area contributed by atoms with Gasteiger partial charge in [-0.1, -0.05) is 6.92 Å². The van der Waals surface area contributed by atoms with Crippen LogP contribution in [0, 0.1) is 10.1 Å². The fraction of sp³-hybridized carbons (Fsp3) is 0.474. The van der Waals surface area contributed by atoms with Crippen LogP contribution in [0.4, 0.5) is 5.69 Å². The van der Waals surface area contributed by atoms with E-state index in [1.54, 1.807) is 16.8 Å². The number of nitro groups is 1. The number of aromatic nitrogens is 2. The second kappa shape index (κ2) is 8.49. The summed E-state index contributed by atoms with van der Waals surface area (Å²) in [5.74, 6) is -0.790. The molecule has 2 N–H and O–H groups in total. The average molecular weight is 387 g/mol. The molecule has 0 saturated heterocycles. The first-order valence-electron chi connectivity index (χ1n) is 9.34. The van der Waals surface area contributed by atoms with Crippen LogP contribution in [0.5, 0.6) is 0 Å². The minimum absolute atomic E-state index is 0.0571. The van der Waals surface area contributed by atoms with Crippen molar-refractivity contribution in [1.82, 2.24) is 20.0 Å². The number of aryl methyl sites for hydroxylation is 1. The van der Waals surface area contributed by atoms with E-state index in [4.69, 9.17) is 5.11 Å². The van der Waals surface area contributed by atoms with Gasteiger partial charge >= 0.3 is 5.97 Å². The van der Waals surface area contributed by atoms with E-state index in [0.29, 0.717) is 18.6 Å². The van der Waals surface area contributed by atoms with Gasteiger partial charge in [0, 0.05) is 55.1 Å². The Morgan fingerprint density at radius 1 is 1.39 bits per heavy atom. The summed E-state index contributed by atoms with van der Waals surface area (Å²) in [6, 6.07) is 7.06. The van der Waals surface area contributed by atoms with Crippen LogP contribution >= 0.6 is 0 Å². The summed E-state index contributed by atoms with van der Waals surface area (Å²) < 4.78 is 1.74. The standard InChI is InChI=1S/C19H25N5O4/c1-3-23(12-18(25)26)17-8-15(9-17)20-10-14-11-22(2)21-19(14)13-4-6-16(7-5-13)24(27)28/h4-7,11,15,17,20H,3,8-10,12H2,1-2H3,(H,25,26). The van der Waals surface area contributed by atoms with E-state index >= 15 is 0 Å². The Morgan fingerprint density at radius 2 is 2.07 bits per heavy atom. The Bertz CT molecular complexity index is 843. The van der Waals surface area contributed by atoms with Crippen LogP contribution in [0.2, 0.25) is 0 Å². The number of hydrogen-bond donors (Lipinski definition) is 2. The van der Waals surface area contributed by atoms with Gasteiger partial charge in [-0.25, -0.2) is 0 Å². The van der Waals surface area contributed by atoms with Gasteiger partial charge in [-0.3, -0.25) is 24.5 Å². The number of aliphatic carboxylic acids is 1. The number of carbonyl (C=O) groups is 1. The van der Waals surface area contributed by atoms with Gasteiger partial charge in [0.25, 0.3) is 5.69 Å². The lowest BCUT2D eigenvalue weighted by molar-refractivity contribution is -0.384. The summed E-state index contributed by atoms with van der Waals surface area (Å²) in [5, 5.41) is 27.8. The molecule has 0 atom stereocenters. The maximum atomic E-state index is 10.9. The fourth-order valence-electron chi connectivity index (χ4n) is 3.63. The number of nitro benzene ring substituents is 1. The highest BCUT2D eigenvalue weighted by molar-refractivity contribution is 5.69. The number of nitrogens with one attached hydrogen (secondary N) is 1. The van der Waals surface area contributed by atoms with Crippen molar-refractivity contribution in [2.45, 2.75) is 38.4 Å². The molecular weight excluding hydrogens is 362 g/mol. The van der Waals surface area contributed by atoms with Gasteiger partial charge in [-0.15, -0.1) is 0 Å². The lowest BCUT2D eigenvalue weighted by Crippen LogP contribution is -2.53. The van der Waals surface area contributed by atoms with Gasteiger partial charge in [0.2, 0.25) is 0 Å². The van der Waals surface area contributed by atoms with Crippen LogP contribution in [0.15, 0.2) is 30.5 Å². The van der Waals surface area contributed by atoms with Gasteiger partial charge in [-0.05, 0) is 31.5 Å². The van der Waals surface area contributed by atoms with Crippen LogP contribution in [-0.2, 0) is 18.4 Å². The van der Waals surface area contributed by atoms with Crippen molar-refractivity contribution in [2.24, 2.45) is 7.05 Å². The van der Waals surface area contributed by atoms with Gasteiger partial charge in [-0.2, -0.15) is 5.10 Å². The zero-order valence-corrected chi connectivity index (χ0v) is 16.0. The smallest absolute Gasteiger partial charge is 0.317 e. The van der Waals surface area contributed by atoms with E-state index in [-0.39, 0.29) is 12.2 Å². The normalized spacial score (nSPS) is 18.8. The minimum atomic E-state index is -0.790. The number of carboxylic acids is 1. The molecule has 1 fully saturated rings. The van der Waals surface area contributed by atoms with E-state index in [0.717, 1.165) is 36.2 Å². The molecule has 1 aliphatic rings. The molecule has 1 aliphatic carbocycles. The predicted molar refractivity (Wildman–Crippen MR) is 104 cm³/mol. The molecule has 0 spiro atoms. The molecular formula is C19H25N5O4. The molecule has 1 saturated carbocycles. The predicted octanol–water partition coefficient (Wildman–Crippen LogP) is 2.02. The monoisotopic (exact) mass is 387 g/mol. The number of rotatable bonds is 9. The van der Waals surface area contributed by atoms with E-state index in [2.05, 4.69) is 10.4 Å². The van der Waals surface area contributed by atoms with Crippen molar-refractivity contribution in [2.75, 3.05) is 13.1 Å². The molecule has 28 heavy (non-hydrogen) atoms. The zero-order chi connectivity index (χ0) is 20.3. The summed E-state index contributed by atoms with van der Waals surface area (Å²) in [5.41, 5.74) is 2.73. The fourth-order valence-corrected chi connectivity index (χ4v) is 3.63. The summed E-state index contributed by atoms with van der Waals surface area (Å²) in [4.78, 5) is 23.3. The van der Waals surface area contributed by atoms with Crippen LogP contribution < -0.4 is 5.32 Å². The molecule has 0 radical (unpaired) electrons. The largest absolute Gasteiger partial charge is 0.480 e. The van der Waals surface area contributed by atoms with Gasteiger partial charge in [0.1, 0.15) is 0 Å². The Balaban J connectivity index is 1.59. The molecule has 0 amide bonds. The first-order chi connectivity index (χ1) is 13.4. The highest BCUT2D eigenvalue weighted by Gasteiger charge is 2.33. The van der Waals surface area contributed by atoms with Crippen LogP contribution in [0.1, 0.15) is 25.3 Å². The molecule has 1 aromatic carbocycles. The third-order valence-electron chi connectivity index (χ3n) is 5.21. The van der Waals surface area contributed by atoms with Crippen LogP contribution in [0.3, 0.4) is 0 Å². The molecule has 9 heteroatoms. The Hall–Kier alpha value is -2.78. The second-order valence-electron chi connectivity index (χ2n) is 7.14. The maximum absolute atomic E-state index is 10.9. The molecule has 0 bridgehead atoms. The van der Waals surface area contributed by atoms with E-state index < -0.39 is 10.9 Å². The highest BCUT2D eigenvalue weighted by atomic mass is 16.6. The SMILES string of the molecule is CCN(CC(=O)O)C1CC(NCc2cn(C)nc2-c2ccc([N+](=O)[O-])cc2)C1. The van der Waals surface area contributed by atoms with E-state index in [9.17, 15) is 14.9 Å². The van der Waals surface area contributed by atoms with Gasteiger partial charge in [0.05, 0.1) is 17.2 Å². The molecule has 3 rings (SSSR count). The quantitative estimate of drug-likeness (QED) is 0.500. The first-order valence-corrected chi connectivity index (χ1v) is 9.34. The van der Waals surface area contributed by atoms with Gasteiger partial charge < -0.3 is 10.4 Å². The topological polar surface area (TPSA) is 114 Å². The van der Waals surface area contributed by atoms with Crippen molar-refractivity contribution >= 4 is 11.7 Å². The summed E-state index contributed by atoms with van der Waals surface area (Å²) in [7, 11) is 1.85. The average Bonchev–Trinajstić information content (AvgIpc) is 2.99. The summed E-state index contributed by atoms with van der Waals surface area (Å²) in [6.45, 7) is 3.44. The number of carboxylic acid groups (broad SMARTS) is 1. The third-order valence-corrected chi connectivity index (χ3v) is 5.21. The molecule has 0 aliphatic heterocycles. The number of benzene rings is 1. The van der Waals surface area contributed by atoms with Gasteiger partial charge in [0.15, 0.2) is 0 Å². The molecule has 1 aromatic heterocycles.